The highest BCUT2D eigenvalue weighted by Crippen LogP contribution is 2.19. The average molecular weight is 699 g/mol. The van der Waals surface area contributed by atoms with Crippen LogP contribution in [-0.2, 0) is 19.1 Å². The zero-order valence-electron chi connectivity index (χ0n) is 32.4. The van der Waals surface area contributed by atoms with Gasteiger partial charge in [0.15, 0.2) is 0 Å². The molecule has 1 amide bonds. The van der Waals surface area contributed by atoms with E-state index in [1.54, 1.807) is 0 Å². The molecule has 0 aliphatic carbocycles. The number of esters is 2. The monoisotopic (exact) mass is 699 g/mol. The summed E-state index contributed by atoms with van der Waals surface area (Å²) in [5, 5.41) is 3.16. The van der Waals surface area contributed by atoms with Crippen molar-refractivity contribution >= 4 is 28.9 Å². The Bertz CT molecular complexity index is 752. The van der Waals surface area contributed by atoms with Crippen LogP contribution >= 0.6 is 11.8 Å². The van der Waals surface area contributed by atoms with E-state index in [4.69, 9.17) is 9.47 Å². The molecule has 0 bridgehead atoms. The van der Waals surface area contributed by atoms with Crippen LogP contribution in [0.4, 0.5) is 4.79 Å². The first kappa shape index (κ1) is 46.7. The number of carbonyl (C=O) groups excluding carboxylic acids is 3. The molecule has 1 N–H and O–H groups in total. The van der Waals surface area contributed by atoms with Crippen molar-refractivity contribution in [1.82, 2.24) is 10.2 Å². The maximum absolute atomic E-state index is 12.9. The normalized spacial score (nSPS) is 12.8. The molecule has 0 aliphatic heterocycles. The van der Waals surface area contributed by atoms with Gasteiger partial charge in [-0.3, -0.25) is 14.4 Å². The first-order valence-corrected chi connectivity index (χ1v) is 21.2. The maximum atomic E-state index is 12.9. The summed E-state index contributed by atoms with van der Waals surface area (Å²) in [5.41, 5.74) is 0. The molecular weight excluding hydrogens is 621 g/mol. The number of nitrogens with one attached hydrogen (secondary N) is 1. The van der Waals surface area contributed by atoms with E-state index in [9.17, 15) is 14.4 Å². The number of hydrogen-bond acceptors (Lipinski definition) is 7. The molecule has 48 heavy (non-hydrogen) atoms. The number of thioether (sulfide) groups is 1. The highest BCUT2D eigenvalue weighted by Gasteiger charge is 2.18. The summed E-state index contributed by atoms with van der Waals surface area (Å²) in [7, 11) is 4.08. The van der Waals surface area contributed by atoms with Gasteiger partial charge in [0.05, 0.1) is 0 Å². The Morgan fingerprint density at radius 2 is 1.00 bits per heavy atom. The lowest BCUT2D eigenvalue weighted by Crippen LogP contribution is -2.33. The Hall–Kier alpha value is -1.28. The molecule has 2 atom stereocenters. The number of unbranched alkanes of at least 4 members (excludes halogenated alkanes) is 12. The second kappa shape index (κ2) is 34.2. The van der Waals surface area contributed by atoms with E-state index < -0.39 is 0 Å². The van der Waals surface area contributed by atoms with Crippen molar-refractivity contribution in [3.8, 4) is 0 Å². The van der Waals surface area contributed by atoms with Crippen molar-refractivity contribution in [1.29, 1.82) is 0 Å². The summed E-state index contributed by atoms with van der Waals surface area (Å²) in [6.45, 7) is 9.71. The van der Waals surface area contributed by atoms with Gasteiger partial charge in [0, 0.05) is 24.6 Å². The summed E-state index contributed by atoms with van der Waals surface area (Å²) in [4.78, 5) is 40.5. The standard InChI is InChI=1S/C40H78N2O5S/c1-7-11-14-17-20-28-36(10-4)46-38(43)31-23-26-35(41-40(45)48-34-25-33-42(5)6)27-24-32-39(44)47-37(29-21-18-15-12-8-2)30-22-19-16-13-9-3/h35-37H,7-34H2,1-6H3,(H,41,45). The van der Waals surface area contributed by atoms with E-state index in [0.717, 1.165) is 63.7 Å². The molecule has 8 heteroatoms. The Kier molecular flexibility index (Phi) is 33.3. The van der Waals surface area contributed by atoms with Gasteiger partial charge in [0.25, 0.3) is 5.24 Å². The molecule has 0 heterocycles. The van der Waals surface area contributed by atoms with Gasteiger partial charge < -0.3 is 19.7 Å². The second-order valence-electron chi connectivity index (χ2n) is 14.2. The molecule has 0 aromatic carbocycles. The predicted molar refractivity (Wildman–Crippen MR) is 206 cm³/mol. The van der Waals surface area contributed by atoms with Gasteiger partial charge in [-0.15, -0.1) is 0 Å². The minimum atomic E-state index is -0.141. The fourth-order valence-corrected chi connectivity index (χ4v) is 6.76. The molecule has 0 rings (SSSR count). The third-order valence-electron chi connectivity index (χ3n) is 9.11. The third-order valence-corrected chi connectivity index (χ3v) is 9.99. The molecule has 2 unspecified atom stereocenters. The zero-order chi connectivity index (χ0) is 35.7. The number of rotatable bonds is 34. The molecule has 284 valence electrons. The van der Waals surface area contributed by atoms with Crippen molar-refractivity contribution in [2.75, 3.05) is 26.4 Å². The summed E-state index contributed by atoms with van der Waals surface area (Å²) >= 11 is 1.32. The van der Waals surface area contributed by atoms with E-state index in [-0.39, 0.29) is 35.4 Å². The van der Waals surface area contributed by atoms with Gasteiger partial charge in [0.1, 0.15) is 12.2 Å². The summed E-state index contributed by atoms with van der Waals surface area (Å²) in [5.74, 6) is 0.511. The van der Waals surface area contributed by atoms with Gasteiger partial charge in [0.2, 0.25) is 0 Å². The lowest BCUT2D eigenvalue weighted by Gasteiger charge is -2.20. The molecule has 7 nitrogen and oxygen atoms in total. The quantitative estimate of drug-likeness (QED) is 0.0529. The summed E-state index contributed by atoms with van der Waals surface area (Å²) in [6, 6.07) is -0.0760. The first-order valence-electron chi connectivity index (χ1n) is 20.2. The maximum Gasteiger partial charge on any atom is 0.306 e. The first-order chi connectivity index (χ1) is 23.2. The lowest BCUT2D eigenvalue weighted by molar-refractivity contribution is -0.150. The molecule has 0 aromatic rings. The predicted octanol–water partition coefficient (Wildman–Crippen LogP) is 11.4. The van der Waals surface area contributed by atoms with Crippen LogP contribution in [0.3, 0.4) is 0 Å². The van der Waals surface area contributed by atoms with Crippen LogP contribution in [0.1, 0.15) is 195 Å². The van der Waals surface area contributed by atoms with Gasteiger partial charge in [-0.2, -0.15) is 0 Å². The van der Waals surface area contributed by atoms with Crippen molar-refractivity contribution in [3.63, 3.8) is 0 Å². The van der Waals surface area contributed by atoms with Crippen LogP contribution in [0, 0.1) is 0 Å². The highest BCUT2D eigenvalue weighted by molar-refractivity contribution is 8.13. The molecular formula is C40H78N2O5S. The van der Waals surface area contributed by atoms with Crippen molar-refractivity contribution in [2.45, 2.75) is 213 Å². The third kappa shape index (κ3) is 30.8. The smallest absolute Gasteiger partial charge is 0.306 e. The molecule has 0 radical (unpaired) electrons. The zero-order valence-corrected chi connectivity index (χ0v) is 33.2. The van der Waals surface area contributed by atoms with Crippen LogP contribution < -0.4 is 5.32 Å². The Balaban J connectivity index is 4.90. The fourth-order valence-electron chi connectivity index (χ4n) is 6.05. The molecule has 0 aliphatic rings. The molecule has 0 saturated heterocycles. The number of ether oxygens (including phenoxy) is 2. The average Bonchev–Trinajstić information content (AvgIpc) is 3.05. The van der Waals surface area contributed by atoms with Crippen molar-refractivity contribution in [3.05, 3.63) is 0 Å². The summed E-state index contributed by atoms with van der Waals surface area (Å²) < 4.78 is 11.8. The Morgan fingerprint density at radius 3 is 1.44 bits per heavy atom. The lowest BCUT2D eigenvalue weighted by atomic mass is 10.0. The van der Waals surface area contributed by atoms with Gasteiger partial charge in [-0.1, -0.05) is 117 Å². The van der Waals surface area contributed by atoms with E-state index in [0.29, 0.717) is 38.5 Å². The van der Waals surface area contributed by atoms with Crippen LogP contribution in [0.2, 0.25) is 0 Å². The number of amides is 1. The topological polar surface area (TPSA) is 84.9 Å². The Labute approximate surface area is 301 Å². The molecule has 0 spiro atoms. The highest BCUT2D eigenvalue weighted by atomic mass is 32.2. The fraction of sp³-hybridized carbons (Fsp3) is 0.925. The Morgan fingerprint density at radius 1 is 0.562 bits per heavy atom. The van der Waals surface area contributed by atoms with Crippen LogP contribution in [-0.4, -0.2) is 66.7 Å². The number of nitrogens with zero attached hydrogens (tertiary/aromatic N) is 1. The van der Waals surface area contributed by atoms with E-state index in [2.05, 4.69) is 37.9 Å². The SMILES string of the molecule is CCCCCCCC(CC)OC(=O)CCCC(CCCC(=O)OC(CCCCCCC)CCCCCCC)NC(=O)SCCCN(C)C. The van der Waals surface area contributed by atoms with E-state index >= 15 is 0 Å². The van der Waals surface area contributed by atoms with Crippen molar-refractivity contribution < 1.29 is 23.9 Å². The van der Waals surface area contributed by atoms with Gasteiger partial charge in [-0.05, 0) is 97.7 Å². The largest absolute Gasteiger partial charge is 0.462 e. The number of hydrogen-bond donors (Lipinski definition) is 1. The van der Waals surface area contributed by atoms with Crippen LogP contribution in [0.15, 0.2) is 0 Å². The summed E-state index contributed by atoms with van der Waals surface area (Å²) in [6.07, 6.45) is 26.3. The van der Waals surface area contributed by atoms with E-state index in [1.165, 1.54) is 88.8 Å². The van der Waals surface area contributed by atoms with Crippen molar-refractivity contribution in [2.24, 2.45) is 0 Å². The van der Waals surface area contributed by atoms with Crippen LogP contribution in [0.25, 0.3) is 0 Å². The molecule has 0 fully saturated rings. The molecule has 0 aromatic heterocycles. The van der Waals surface area contributed by atoms with Gasteiger partial charge in [-0.25, -0.2) is 0 Å². The van der Waals surface area contributed by atoms with E-state index in [1.807, 2.05) is 14.1 Å². The van der Waals surface area contributed by atoms with Gasteiger partial charge >= 0.3 is 11.9 Å². The van der Waals surface area contributed by atoms with Crippen LogP contribution in [0.5, 0.6) is 0 Å². The minimum Gasteiger partial charge on any atom is -0.462 e. The number of carbonyl (C=O) groups is 3. The molecule has 0 saturated carbocycles. The minimum absolute atomic E-state index is 0.00397. The second-order valence-corrected chi connectivity index (χ2v) is 15.2.